The van der Waals surface area contributed by atoms with Crippen LogP contribution in [0.25, 0.3) is 11.2 Å². The number of rotatable bonds is 12. The lowest BCUT2D eigenvalue weighted by Crippen LogP contribution is -2.53. The van der Waals surface area contributed by atoms with E-state index in [2.05, 4.69) is 109 Å². The van der Waals surface area contributed by atoms with Crippen LogP contribution in [-0.2, 0) is 19.1 Å². The number of fused-ring (bicyclic) bond motifs is 1. The Bertz CT molecular complexity index is 2020. The fraction of sp³-hybridized carbons (Fsp3) is 0.465. The normalized spacial score (nSPS) is 21.2. The van der Waals surface area contributed by atoms with Crippen molar-refractivity contribution in [3.8, 4) is 5.75 Å². The Morgan fingerprint density at radius 3 is 1.85 bits per heavy atom. The molecule has 55 heavy (non-hydrogen) atoms. The zero-order chi connectivity index (χ0) is 40.0. The molecule has 0 aliphatic carbocycles. The van der Waals surface area contributed by atoms with Crippen molar-refractivity contribution in [3.63, 3.8) is 0 Å². The van der Waals surface area contributed by atoms with Crippen molar-refractivity contribution >= 4 is 33.6 Å². The van der Waals surface area contributed by atoms with Crippen LogP contribution in [0.3, 0.4) is 0 Å². The molecule has 1 aliphatic heterocycles. The minimum absolute atomic E-state index is 0.0266. The van der Waals surface area contributed by atoms with Gasteiger partial charge >= 0.3 is 0 Å². The molecule has 0 radical (unpaired) electrons. The number of hydrogen-bond donors (Lipinski definition) is 1. The number of anilines is 1. The highest BCUT2D eigenvalue weighted by Crippen LogP contribution is 2.49. The van der Waals surface area contributed by atoms with Crippen LogP contribution in [-0.4, -0.2) is 67.7 Å². The Morgan fingerprint density at radius 2 is 1.33 bits per heavy atom. The first-order chi connectivity index (χ1) is 25.7. The van der Waals surface area contributed by atoms with Crippen molar-refractivity contribution in [2.75, 3.05) is 19.0 Å². The molecule has 0 amide bonds. The third-order valence-corrected chi connectivity index (χ3v) is 21.1. The van der Waals surface area contributed by atoms with E-state index in [0.717, 1.165) is 22.4 Å². The van der Waals surface area contributed by atoms with Crippen LogP contribution >= 0.6 is 0 Å². The Hall–Kier alpha value is -3.95. The molecular weight excluding hydrogens is 726 g/mol. The number of halogens is 1. The maximum Gasteiger partial charge on any atom is 0.192 e. The average Bonchev–Trinajstić information content (AvgIpc) is 3.67. The fourth-order valence-corrected chi connectivity index (χ4v) is 9.14. The maximum atomic E-state index is 17.8. The van der Waals surface area contributed by atoms with Crippen molar-refractivity contribution in [3.05, 3.63) is 114 Å². The third-order valence-electron chi connectivity index (χ3n) is 12.2. The summed E-state index contributed by atoms with van der Waals surface area (Å²) >= 11 is 0. The number of nitrogens with one attached hydrogen (secondary N) is 1. The minimum atomic E-state index is -2.45. The lowest BCUT2D eigenvalue weighted by molar-refractivity contribution is -0.0551. The van der Waals surface area contributed by atoms with Crippen molar-refractivity contribution in [1.82, 2.24) is 19.5 Å². The number of alkyl halides is 1. The number of imidazole rings is 1. The summed E-state index contributed by atoms with van der Waals surface area (Å²) in [5.41, 5.74) is 0.994. The number of hydrogen-bond acceptors (Lipinski definition) is 8. The average molecular weight is 784 g/mol. The van der Waals surface area contributed by atoms with Gasteiger partial charge in [0.1, 0.15) is 29.8 Å². The number of methoxy groups -OCH3 is 1. The van der Waals surface area contributed by atoms with Crippen LogP contribution in [0.2, 0.25) is 36.3 Å². The van der Waals surface area contributed by atoms with E-state index in [1.165, 1.54) is 6.33 Å². The van der Waals surface area contributed by atoms with E-state index < -0.39 is 46.3 Å². The number of ether oxygens (including phenoxy) is 2. The summed E-state index contributed by atoms with van der Waals surface area (Å²) in [6, 6.07) is 28.5. The van der Waals surface area contributed by atoms with Crippen molar-refractivity contribution < 1.29 is 22.7 Å². The van der Waals surface area contributed by atoms with E-state index in [1.54, 1.807) is 24.9 Å². The standard InChI is InChI=1S/C43H58FN5O4Si2/c1-40(2,3)54(9,10)51-27-34-36(53-55(11,12)41(4,5)6)42(7,44)39(52-34)49-29-47-35-37(45-28-46-38(35)49)48-43(30-19-15-13-16-20-30,31-21-17-14-18-22-31)32-23-25-33(50-8)26-24-32/h13-26,28-29,34,36,39H,27H2,1-12H3,(H,45,46,48)/t34-,36-,39-,42-/m1/s1. The highest BCUT2D eigenvalue weighted by Gasteiger charge is 2.59. The summed E-state index contributed by atoms with van der Waals surface area (Å²) in [4.78, 5) is 14.3. The zero-order valence-electron chi connectivity index (χ0n) is 34.5. The largest absolute Gasteiger partial charge is 0.497 e. The van der Waals surface area contributed by atoms with Crippen LogP contribution in [0.5, 0.6) is 5.75 Å². The Balaban J connectivity index is 1.45. The van der Waals surface area contributed by atoms with Crippen LogP contribution in [0.15, 0.2) is 97.6 Å². The van der Waals surface area contributed by atoms with E-state index in [9.17, 15) is 0 Å². The van der Waals surface area contributed by atoms with Gasteiger partial charge in [0.2, 0.25) is 0 Å². The van der Waals surface area contributed by atoms with Gasteiger partial charge in [-0.1, -0.05) is 114 Å². The van der Waals surface area contributed by atoms with Crippen LogP contribution < -0.4 is 10.1 Å². The summed E-state index contributed by atoms with van der Waals surface area (Å²) in [7, 11) is -2.99. The lowest BCUT2D eigenvalue weighted by Gasteiger charge is -2.42. The molecule has 1 N–H and O–H groups in total. The van der Waals surface area contributed by atoms with E-state index in [0.29, 0.717) is 17.0 Å². The molecule has 12 heteroatoms. The van der Waals surface area contributed by atoms with Gasteiger partial charge in [-0.2, -0.15) is 0 Å². The van der Waals surface area contributed by atoms with Crippen molar-refractivity contribution in [2.24, 2.45) is 0 Å². The van der Waals surface area contributed by atoms with Crippen molar-refractivity contribution in [1.29, 1.82) is 0 Å². The molecule has 3 aromatic carbocycles. The van der Waals surface area contributed by atoms with E-state index in [1.807, 2.05) is 48.5 Å². The first kappa shape index (κ1) is 40.7. The van der Waals surface area contributed by atoms with Crippen LogP contribution in [0, 0.1) is 0 Å². The van der Waals surface area contributed by atoms with Crippen LogP contribution in [0.4, 0.5) is 10.2 Å². The van der Waals surface area contributed by atoms with Crippen LogP contribution in [0.1, 0.15) is 71.4 Å². The number of aromatic nitrogens is 4. The van der Waals surface area contributed by atoms with Gasteiger partial charge in [0.25, 0.3) is 0 Å². The topological polar surface area (TPSA) is 92.6 Å². The summed E-state index contributed by atoms with van der Waals surface area (Å²) in [5, 5.41) is 3.66. The van der Waals surface area contributed by atoms with Gasteiger partial charge in [0.15, 0.2) is 45.5 Å². The molecule has 0 bridgehead atoms. The monoisotopic (exact) mass is 783 g/mol. The summed E-state index contributed by atoms with van der Waals surface area (Å²) < 4.78 is 45.3. The molecule has 1 fully saturated rings. The third kappa shape index (κ3) is 7.63. The van der Waals surface area contributed by atoms with Gasteiger partial charge in [0.05, 0.1) is 20.0 Å². The number of benzene rings is 3. The SMILES string of the molecule is COc1ccc(C(Nc2ncnc3c2ncn3[C@@H]2O[C@H](CO[Si](C)(C)C(C)(C)C)[C@@H](O[Si](C)(C)C(C)(C)C)[C@@]2(C)F)(c2ccccc2)c2ccccc2)cc1. The second kappa shape index (κ2) is 14.9. The van der Waals surface area contributed by atoms with Gasteiger partial charge in [-0.15, -0.1) is 0 Å². The Labute approximate surface area is 328 Å². The zero-order valence-corrected chi connectivity index (χ0v) is 36.5. The van der Waals surface area contributed by atoms with Crippen molar-refractivity contribution in [2.45, 2.75) is 114 Å². The first-order valence-electron chi connectivity index (χ1n) is 19.1. The molecule has 0 spiro atoms. The molecule has 4 atom stereocenters. The van der Waals surface area contributed by atoms with Gasteiger partial charge in [0, 0.05) is 0 Å². The molecule has 9 nitrogen and oxygen atoms in total. The molecule has 2 aromatic heterocycles. The highest BCUT2D eigenvalue weighted by molar-refractivity contribution is 6.74. The second-order valence-electron chi connectivity index (χ2n) is 17.9. The molecule has 0 unspecified atom stereocenters. The molecule has 6 rings (SSSR count). The van der Waals surface area contributed by atoms with Gasteiger partial charge in [-0.05, 0) is 72.0 Å². The molecule has 1 saturated heterocycles. The molecule has 3 heterocycles. The molecule has 1 aliphatic rings. The minimum Gasteiger partial charge on any atom is -0.497 e. The number of nitrogens with zero attached hydrogens (tertiary/aromatic N) is 4. The van der Waals surface area contributed by atoms with E-state index >= 15 is 4.39 Å². The summed E-state index contributed by atoms with van der Waals surface area (Å²) in [6.45, 7) is 23.6. The van der Waals surface area contributed by atoms with Gasteiger partial charge in [-0.3, -0.25) is 4.57 Å². The predicted octanol–water partition coefficient (Wildman–Crippen LogP) is 10.3. The van der Waals surface area contributed by atoms with E-state index in [-0.39, 0.29) is 16.7 Å². The Kier molecular flexibility index (Phi) is 11.0. The summed E-state index contributed by atoms with van der Waals surface area (Å²) in [5.74, 6) is 1.23. The smallest absolute Gasteiger partial charge is 0.192 e. The molecule has 5 aromatic rings. The lowest BCUT2D eigenvalue weighted by atomic mass is 9.77. The highest BCUT2D eigenvalue weighted by atomic mass is 28.4. The summed E-state index contributed by atoms with van der Waals surface area (Å²) in [6.07, 6.45) is 0.479. The predicted molar refractivity (Wildman–Crippen MR) is 223 cm³/mol. The molecule has 0 saturated carbocycles. The first-order valence-corrected chi connectivity index (χ1v) is 24.9. The van der Waals surface area contributed by atoms with Gasteiger partial charge in [-0.25, -0.2) is 19.3 Å². The molecular formula is C43H58FN5O4Si2. The second-order valence-corrected chi connectivity index (χ2v) is 27.5. The maximum absolute atomic E-state index is 17.8. The van der Waals surface area contributed by atoms with Gasteiger partial charge < -0.3 is 23.6 Å². The fourth-order valence-electron chi connectivity index (χ4n) is 6.76. The van der Waals surface area contributed by atoms with E-state index in [4.69, 9.17) is 33.3 Å². The molecule has 294 valence electrons. The quantitative estimate of drug-likeness (QED) is 0.0988. The Morgan fingerprint density at radius 1 is 0.782 bits per heavy atom.